The molecule has 1 atom stereocenters. The van der Waals surface area contributed by atoms with Crippen molar-refractivity contribution in [3.05, 3.63) is 34.4 Å². The van der Waals surface area contributed by atoms with E-state index in [2.05, 4.69) is 0 Å². The van der Waals surface area contributed by atoms with E-state index >= 15 is 0 Å². The second kappa shape index (κ2) is 7.61. The van der Waals surface area contributed by atoms with Crippen LogP contribution in [0.5, 0.6) is 0 Å². The number of anilines is 1. The number of carbonyl (C=O) groups is 1. The summed E-state index contributed by atoms with van der Waals surface area (Å²) in [7, 11) is 0. The monoisotopic (exact) mass is 333 g/mol. The van der Waals surface area contributed by atoms with Crippen molar-refractivity contribution in [2.45, 2.75) is 31.8 Å². The first kappa shape index (κ1) is 16.7. The van der Waals surface area contributed by atoms with Gasteiger partial charge in [0, 0.05) is 32.3 Å². The number of amides is 1. The molecule has 130 valence electrons. The molecule has 2 heterocycles. The van der Waals surface area contributed by atoms with E-state index < -0.39 is 4.92 Å². The number of nitro benzene ring substituents is 1. The third-order valence-corrected chi connectivity index (χ3v) is 4.65. The van der Waals surface area contributed by atoms with Crippen molar-refractivity contribution in [3.63, 3.8) is 0 Å². The lowest BCUT2D eigenvalue weighted by Crippen LogP contribution is -2.42. The van der Waals surface area contributed by atoms with E-state index in [1.165, 1.54) is 6.07 Å². The number of para-hydroxylation sites is 2. The Morgan fingerprint density at radius 1 is 1.29 bits per heavy atom. The van der Waals surface area contributed by atoms with Crippen LogP contribution in [0, 0.1) is 10.1 Å². The van der Waals surface area contributed by atoms with Crippen LogP contribution < -0.4 is 4.90 Å². The Balaban J connectivity index is 1.81. The van der Waals surface area contributed by atoms with E-state index in [-0.39, 0.29) is 24.2 Å². The molecule has 0 aliphatic carbocycles. The van der Waals surface area contributed by atoms with Gasteiger partial charge in [-0.1, -0.05) is 12.1 Å². The minimum Gasteiger partial charge on any atom is -0.376 e. The third kappa shape index (κ3) is 3.84. The van der Waals surface area contributed by atoms with Gasteiger partial charge in [-0.05, 0) is 31.7 Å². The maximum atomic E-state index is 12.6. The fraction of sp³-hybridized carbons (Fsp3) is 0.588. The Hall–Kier alpha value is -2.15. The van der Waals surface area contributed by atoms with E-state index in [1.54, 1.807) is 18.2 Å². The summed E-state index contributed by atoms with van der Waals surface area (Å²) in [6.07, 6.45) is 4.01. The maximum absolute atomic E-state index is 12.6. The van der Waals surface area contributed by atoms with Gasteiger partial charge in [0.25, 0.3) is 5.69 Å². The van der Waals surface area contributed by atoms with Crippen LogP contribution in [0.2, 0.25) is 0 Å². The highest BCUT2D eigenvalue weighted by Gasteiger charge is 2.28. The molecule has 7 heteroatoms. The van der Waals surface area contributed by atoms with Crippen molar-refractivity contribution in [1.29, 1.82) is 0 Å². The molecule has 1 aromatic carbocycles. The van der Waals surface area contributed by atoms with Crippen molar-refractivity contribution in [1.82, 2.24) is 4.90 Å². The minimum atomic E-state index is -0.391. The van der Waals surface area contributed by atoms with Crippen LogP contribution in [0.1, 0.15) is 25.7 Å². The second-order valence-electron chi connectivity index (χ2n) is 6.35. The van der Waals surface area contributed by atoms with Crippen LogP contribution in [-0.2, 0) is 9.53 Å². The number of hydrogen-bond acceptors (Lipinski definition) is 5. The number of carbonyl (C=O) groups excluding carboxylic acids is 1. The first-order chi connectivity index (χ1) is 11.6. The van der Waals surface area contributed by atoms with Crippen LogP contribution in [0.15, 0.2) is 24.3 Å². The van der Waals surface area contributed by atoms with Crippen LogP contribution in [-0.4, -0.2) is 54.6 Å². The number of nitrogens with zero attached hydrogens (tertiary/aromatic N) is 3. The van der Waals surface area contributed by atoms with Crippen molar-refractivity contribution >= 4 is 17.3 Å². The van der Waals surface area contributed by atoms with Gasteiger partial charge in [0.2, 0.25) is 5.91 Å². The molecule has 1 amide bonds. The van der Waals surface area contributed by atoms with E-state index in [0.717, 1.165) is 45.4 Å². The number of rotatable bonds is 6. The van der Waals surface area contributed by atoms with Gasteiger partial charge in [-0.3, -0.25) is 14.9 Å². The molecule has 7 nitrogen and oxygen atoms in total. The lowest BCUT2D eigenvalue weighted by molar-refractivity contribution is -0.384. The van der Waals surface area contributed by atoms with Gasteiger partial charge >= 0.3 is 0 Å². The summed E-state index contributed by atoms with van der Waals surface area (Å²) < 4.78 is 5.68. The standard InChI is InChI=1S/C17H23N3O4/c21-17(18-9-3-4-10-18)13-19(12-14-6-5-11-24-14)15-7-1-2-8-16(15)20(22)23/h1-2,7-8,14H,3-6,9-13H2/t14-/m0/s1. The zero-order valence-electron chi connectivity index (χ0n) is 13.7. The van der Waals surface area contributed by atoms with Crippen molar-refractivity contribution in [2.75, 3.05) is 37.7 Å². The summed E-state index contributed by atoms with van der Waals surface area (Å²) in [4.78, 5) is 27.2. The summed E-state index contributed by atoms with van der Waals surface area (Å²) >= 11 is 0. The van der Waals surface area contributed by atoms with Crippen molar-refractivity contribution < 1.29 is 14.5 Å². The fourth-order valence-electron chi connectivity index (χ4n) is 3.40. The zero-order chi connectivity index (χ0) is 16.9. The van der Waals surface area contributed by atoms with Gasteiger partial charge in [0.05, 0.1) is 17.6 Å². The highest BCUT2D eigenvalue weighted by atomic mass is 16.6. The molecule has 0 spiro atoms. The van der Waals surface area contributed by atoms with E-state index in [4.69, 9.17) is 4.74 Å². The number of nitro groups is 1. The quantitative estimate of drug-likeness (QED) is 0.589. The molecule has 2 saturated heterocycles. The molecule has 3 rings (SSSR count). The normalized spacial score (nSPS) is 20.3. The average Bonchev–Trinajstić information content (AvgIpc) is 3.27. The van der Waals surface area contributed by atoms with E-state index in [9.17, 15) is 14.9 Å². The molecule has 1 aromatic rings. The van der Waals surface area contributed by atoms with Crippen molar-refractivity contribution in [2.24, 2.45) is 0 Å². The van der Waals surface area contributed by atoms with E-state index in [0.29, 0.717) is 12.2 Å². The molecular weight excluding hydrogens is 310 g/mol. The SMILES string of the molecule is O=C(CN(C[C@@H]1CCCO1)c1ccccc1[N+](=O)[O-])N1CCCC1. The second-order valence-corrected chi connectivity index (χ2v) is 6.35. The van der Waals surface area contributed by atoms with Gasteiger partial charge in [-0.25, -0.2) is 0 Å². The molecule has 24 heavy (non-hydrogen) atoms. The summed E-state index contributed by atoms with van der Waals surface area (Å²) in [5.41, 5.74) is 0.523. The van der Waals surface area contributed by atoms with Gasteiger partial charge in [0.1, 0.15) is 5.69 Å². The first-order valence-corrected chi connectivity index (χ1v) is 8.53. The maximum Gasteiger partial charge on any atom is 0.292 e. The summed E-state index contributed by atoms with van der Waals surface area (Å²) in [6, 6.07) is 6.61. The topological polar surface area (TPSA) is 75.9 Å². The molecule has 0 N–H and O–H groups in total. The van der Waals surface area contributed by atoms with Gasteiger partial charge < -0.3 is 14.5 Å². The molecule has 0 bridgehead atoms. The summed E-state index contributed by atoms with van der Waals surface area (Å²) in [5, 5.41) is 11.4. The third-order valence-electron chi connectivity index (χ3n) is 4.65. The van der Waals surface area contributed by atoms with Gasteiger partial charge in [-0.2, -0.15) is 0 Å². The lowest BCUT2D eigenvalue weighted by atomic mass is 10.2. The Bertz CT molecular complexity index is 595. The lowest BCUT2D eigenvalue weighted by Gasteiger charge is -2.28. The Kier molecular flexibility index (Phi) is 5.30. The number of ether oxygens (including phenoxy) is 1. The Morgan fingerprint density at radius 3 is 2.71 bits per heavy atom. The highest BCUT2D eigenvalue weighted by Crippen LogP contribution is 2.29. The smallest absolute Gasteiger partial charge is 0.292 e. The van der Waals surface area contributed by atoms with Crippen LogP contribution in [0.3, 0.4) is 0 Å². The van der Waals surface area contributed by atoms with Crippen LogP contribution in [0.25, 0.3) is 0 Å². The molecule has 2 fully saturated rings. The molecule has 0 radical (unpaired) electrons. The van der Waals surface area contributed by atoms with Crippen LogP contribution >= 0.6 is 0 Å². The molecule has 0 saturated carbocycles. The molecular formula is C17H23N3O4. The number of benzene rings is 1. The molecule has 2 aliphatic rings. The Labute approximate surface area is 141 Å². The number of hydrogen-bond donors (Lipinski definition) is 0. The molecule has 2 aliphatic heterocycles. The Morgan fingerprint density at radius 2 is 2.04 bits per heavy atom. The largest absolute Gasteiger partial charge is 0.376 e. The fourth-order valence-corrected chi connectivity index (χ4v) is 3.40. The summed E-state index contributed by atoms with van der Waals surface area (Å²) in [5.74, 6) is 0.0312. The molecule has 0 aromatic heterocycles. The van der Waals surface area contributed by atoms with Gasteiger partial charge in [-0.15, -0.1) is 0 Å². The molecule has 0 unspecified atom stereocenters. The van der Waals surface area contributed by atoms with Gasteiger partial charge in [0.15, 0.2) is 0 Å². The van der Waals surface area contributed by atoms with Crippen LogP contribution in [0.4, 0.5) is 11.4 Å². The van der Waals surface area contributed by atoms with Crippen molar-refractivity contribution in [3.8, 4) is 0 Å². The predicted molar refractivity (Wildman–Crippen MR) is 90.1 cm³/mol. The predicted octanol–water partition coefficient (Wildman–Crippen LogP) is 2.20. The zero-order valence-corrected chi connectivity index (χ0v) is 13.7. The summed E-state index contributed by atoms with van der Waals surface area (Å²) in [6.45, 7) is 2.94. The number of likely N-dealkylation sites (tertiary alicyclic amines) is 1. The highest BCUT2D eigenvalue weighted by molar-refractivity contribution is 5.83. The van der Waals surface area contributed by atoms with E-state index in [1.807, 2.05) is 9.80 Å². The average molecular weight is 333 g/mol. The first-order valence-electron chi connectivity index (χ1n) is 8.53. The minimum absolute atomic E-state index is 0.0242.